The van der Waals surface area contributed by atoms with Gasteiger partial charge in [0.25, 0.3) is 5.91 Å². The van der Waals surface area contributed by atoms with Gasteiger partial charge < -0.3 is 10.6 Å². The van der Waals surface area contributed by atoms with Gasteiger partial charge in [-0.25, -0.2) is 0 Å². The summed E-state index contributed by atoms with van der Waals surface area (Å²) in [7, 11) is 0. The maximum atomic E-state index is 12.4. The van der Waals surface area contributed by atoms with Gasteiger partial charge in [0.15, 0.2) is 0 Å². The minimum absolute atomic E-state index is 0.0457. The van der Waals surface area contributed by atoms with E-state index in [4.69, 9.17) is 0 Å². The third-order valence-electron chi connectivity index (χ3n) is 4.09. The summed E-state index contributed by atoms with van der Waals surface area (Å²) in [4.78, 5) is 12.4. The van der Waals surface area contributed by atoms with Crippen LogP contribution < -0.4 is 10.6 Å². The van der Waals surface area contributed by atoms with E-state index in [1.54, 1.807) is 0 Å². The van der Waals surface area contributed by atoms with E-state index in [2.05, 4.69) is 36.6 Å². The molecule has 3 rings (SSSR count). The van der Waals surface area contributed by atoms with Crippen LogP contribution in [0.1, 0.15) is 39.5 Å². The summed E-state index contributed by atoms with van der Waals surface area (Å²) in [5, 5.41) is 6.29. The molecule has 108 valence electrons. The minimum atomic E-state index is -0.0457. The zero-order chi connectivity index (χ0) is 14.8. The predicted octanol–water partition coefficient (Wildman–Crippen LogP) is 3.41. The van der Waals surface area contributed by atoms with Crippen molar-refractivity contribution >= 4 is 11.6 Å². The van der Waals surface area contributed by atoms with Crippen molar-refractivity contribution in [1.82, 2.24) is 5.32 Å². The second-order valence-electron chi connectivity index (χ2n) is 5.54. The average Bonchev–Trinajstić information content (AvgIpc) is 2.96. The fourth-order valence-electron chi connectivity index (χ4n) is 2.77. The van der Waals surface area contributed by atoms with Crippen LogP contribution >= 0.6 is 0 Å². The normalized spacial score (nSPS) is 13.0. The van der Waals surface area contributed by atoms with Crippen molar-refractivity contribution < 1.29 is 4.79 Å². The highest BCUT2D eigenvalue weighted by Gasteiger charge is 2.13. The van der Waals surface area contributed by atoms with E-state index >= 15 is 0 Å². The number of hydrogen-bond donors (Lipinski definition) is 2. The van der Waals surface area contributed by atoms with Crippen molar-refractivity contribution in [2.24, 2.45) is 0 Å². The first-order valence-corrected chi connectivity index (χ1v) is 7.41. The molecule has 0 saturated heterocycles. The molecule has 2 aromatic carbocycles. The van der Waals surface area contributed by atoms with Crippen LogP contribution in [0.25, 0.3) is 0 Å². The number of anilines is 1. The van der Waals surface area contributed by atoms with E-state index in [1.807, 2.05) is 24.3 Å². The summed E-state index contributed by atoms with van der Waals surface area (Å²) >= 11 is 0. The highest BCUT2D eigenvalue weighted by Crippen LogP contribution is 2.19. The van der Waals surface area contributed by atoms with Crippen LogP contribution in [-0.4, -0.2) is 5.91 Å². The largest absolute Gasteiger partial charge is 0.322 e. The number of nitrogens with one attached hydrogen (secondary N) is 2. The van der Waals surface area contributed by atoms with Crippen LogP contribution in [0.4, 0.5) is 5.69 Å². The second-order valence-corrected chi connectivity index (χ2v) is 5.54. The monoisotopic (exact) mass is 280 g/mol. The lowest BCUT2D eigenvalue weighted by atomic mass is 10.0. The van der Waals surface area contributed by atoms with Gasteiger partial charge >= 0.3 is 0 Å². The van der Waals surface area contributed by atoms with E-state index in [1.165, 1.54) is 22.3 Å². The quantitative estimate of drug-likeness (QED) is 0.904. The van der Waals surface area contributed by atoms with Crippen LogP contribution in [0, 0.1) is 6.92 Å². The number of fused-ring (bicyclic) bond motifs is 1. The first kappa shape index (κ1) is 13.8. The highest BCUT2D eigenvalue weighted by atomic mass is 16.1. The van der Waals surface area contributed by atoms with Gasteiger partial charge in [-0.3, -0.25) is 4.79 Å². The molecule has 0 saturated carbocycles. The number of benzene rings is 2. The summed E-state index contributed by atoms with van der Waals surface area (Å²) in [5.74, 6) is -0.0457. The van der Waals surface area contributed by atoms with E-state index in [9.17, 15) is 4.79 Å². The molecule has 0 aromatic heterocycles. The number of rotatable bonds is 3. The molecule has 2 N–H and O–H groups in total. The predicted molar refractivity (Wildman–Crippen MR) is 85.5 cm³/mol. The van der Waals surface area contributed by atoms with Gasteiger partial charge in [0.05, 0.1) is 0 Å². The maximum absolute atomic E-state index is 12.4. The van der Waals surface area contributed by atoms with Crippen molar-refractivity contribution in [2.75, 3.05) is 5.32 Å². The van der Waals surface area contributed by atoms with Gasteiger partial charge in [-0.15, -0.1) is 0 Å². The molecule has 1 aliphatic heterocycles. The number of hydrogen-bond acceptors (Lipinski definition) is 2. The first-order chi connectivity index (χ1) is 10.2. The smallest absolute Gasteiger partial charge is 0.255 e. The molecule has 0 radical (unpaired) electrons. The summed E-state index contributed by atoms with van der Waals surface area (Å²) in [6.45, 7) is 5.97. The van der Waals surface area contributed by atoms with Crippen LogP contribution in [0.5, 0.6) is 0 Å². The molecular weight excluding hydrogens is 260 g/mol. The topological polar surface area (TPSA) is 41.1 Å². The first-order valence-electron chi connectivity index (χ1n) is 7.41. The van der Waals surface area contributed by atoms with Crippen LogP contribution in [0.3, 0.4) is 0 Å². The van der Waals surface area contributed by atoms with Gasteiger partial charge in [0.2, 0.25) is 0 Å². The third-order valence-corrected chi connectivity index (χ3v) is 4.09. The van der Waals surface area contributed by atoms with Crippen molar-refractivity contribution in [3.05, 3.63) is 64.2 Å². The highest BCUT2D eigenvalue weighted by molar-refractivity contribution is 6.04. The maximum Gasteiger partial charge on any atom is 0.255 e. The van der Waals surface area contributed by atoms with Crippen LogP contribution in [0.15, 0.2) is 36.4 Å². The Labute approximate surface area is 125 Å². The van der Waals surface area contributed by atoms with Crippen LogP contribution in [-0.2, 0) is 19.5 Å². The molecule has 0 bridgehead atoms. The van der Waals surface area contributed by atoms with Gasteiger partial charge in [0, 0.05) is 24.3 Å². The van der Waals surface area contributed by atoms with E-state index in [0.29, 0.717) is 0 Å². The van der Waals surface area contributed by atoms with E-state index in [0.717, 1.165) is 30.8 Å². The Morgan fingerprint density at radius 1 is 1.14 bits per heavy atom. The molecular formula is C18H20N2O. The molecule has 1 heterocycles. The van der Waals surface area contributed by atoms with E-state index < -0.39 is 0 Å². The number of amides is 1. The summed E-state index contributed by atoms with van der Waals surface area (Å²) in [6, 6.07) is 12.0. The van der Waals surface area contributed by atoms with Gasteiger partial charge in [-0.2, -0.15) is 0 Å². The molecule has 1 amide bonds. The molecule has 0 unspecified atom stereocenters. The molecule has 2 aromatic rings. The fourth-order valence-corrected chi connectivity index (χ4v) is 2.77. The summed E-state index contributed by atoms with van der Waals surface area (Å²) in [5.41, 5.74) is 6.62. The van der Waals surface area contributed by atoms with Gasteiger partial charge in [0.1, 0.15) is 0 Å². The van der Waals surface area contributed by atoms with E-state index in [-0.39, 0.29) is 5.91 Å². The molecule has 0 fully saturated rings. The standard InChI is InChI=1S/C18H20N2O/c1-3-13-9-17(7-4-12(13)2)20-18(21)14-5-6-15-10-19-11-16(15)8-14/h4-9,19H,3,10-11H2,1-2H3,(H,20,21). The minimum Gasteiger partial charge on any atom is -0.322 e. The number of carbonyl (C=O) groups excluding carboxylic acids is 1. The van der Waals surface area contributed by atoms with Crippen molar-refractivity contribution in [1.29, 1.82) is 0 Å². The van der Waals surface area contributed by atoms with Crippen molar-refractivity contribution in [3.63, 3.8) is 0 Å². The molecule has 1 aliphatic rings. The zero-order valence-electron chi connectivity index (χ0n) is 12.5. The summed E-state index contributed by atoms with van der Waals surface area (Å²) < 4.78 is 0. The number of carbonyl (C=O) groups is 1. The lowest BCUT2D eigenvalue weighted by Crippen LogP contribution is -2.12. The molecule has 3 nitrogen and oxygen atoms in total. The number of aryl methyl sites for hydroxylation is 2. The van der Waals surface area contributed by atoms with Gasteiger partial charge in [-0.05, 0) is 59.9 Å². The van der Waals surface area contributed by atoms with Crippen molar-refractivity contribution in [3.8, 4) is 0 Å². The Hall–Kier alpha value is -2.13. The molecule has 3 heteroatoms. The Balaban J connectivity index is 1.80. The second kappa shape index (κ2) is 5.70. The lowest BCUT2D eigenvalue weighted by Gasteiger charge is -2.10. The molecule has 0 atom stereocenters. The Bertz CT molecular complexity index is 692. The average molecular weight is 280 g/mol. The molecule has 0 spiro atoms. The molecule has 0 aliphatic carbocycles. The Kier molecular flexibility index (Phi) is 3.76. The zero-order valence-corrected chi connectivity index (χ0v) is 12.5. The fraction of sp³-hybridized carbons (Fsp3) is 0.278. The third kappa shape index (κ3) is 2.83. The van der Waals surface area contributed by atoms with Gasteiger partial charge in [-0.1, -0.05) is 19.1 Å². The SMILES string of the molecule is CCc1cc(NC(=O)c2ccc3c(c2)CNC3)ccc1C. The summed E-state index contributed by atoms with van der Waals surface area (Å²) in [6.07, 6.45) is 0.972. The Morgan fingerprint density at radius 2 is 1.95 bits per heavy atom. The lowest BCUT2D eigenvalue weighted by molar-refractivity contribution is 0.102. The molecule has 21 heavy (non-hydrogen) atoms. The van der Waals surface area contributed by atoms with Crippen LogP contribution in [0.2, 0.25) is 0 Å². The van der Waals surface area contributed by atoms with Crippen molar-refractivity contribution in [2.45, 2.75) is 33.4 Å². The Morgan fingerprint density at radius 3 is 2.76 bits per heavy atom.